The molecule has 0 spiro atoms. The van der Waals surface area contributed by atoms with Gasteiger partial charge in [-0.25, -0.2) is 0 Å². The van der Waals surface area contributed by atoms with Crippen LogP contribution < -0.4 is 5.73 Å². The van der Waals surface area contributed by atoms with Crippen molar-refractivity contribution in [2.75, 3.05) is 0 Å². The van der Waals surface area contributed by atoms with Gasteiger partial charge in [-0.05, 0) is 0 Å². The fourth-order valence-corrected chi connectivity index (χ4v) is 1.99. The normalized spacial score (nSPS) is 10.6. The standard InChI is InChI=1S/C7H16N2Se/c1-5(2)9(6(3)4)7(8)10/h5-6H,1-4H3,(H2,8,10). The summed E-state index contributed by atoms with van der Waals surface area (Å²) in [5.74, 6) is 0. The summed E-state index contributed by atoms with van der Waals surface area (Å²) >= 11 is 2.82. The summed E-state index contributed by atoms with van der Waals surface area (Å²) in [6.45, 7) is 8.52. The second-order valence-electron chi connectivity index (χ2n) is 2.93. The Morgan fingerprint density at radius 1 is 1.20 bits per heavy atom. The van der Waals surface area contributed by atoms with Crippen molar-refractivity contribution >= 4 is 20.2 Å². The Morgan fingerprint density at radius 3 is 1.50 bits per heavy atom. The van der Waals surface area contributed by atoms with Gasteiger partial charge in [0.15, 0.2) is 0 Å². The van der Waals surface area contributed by atoms with E-state index >= 15 is 0 Å². The maximum atomic E-state index is 5.63. The molecule has 0 fully saturated rings. The van der Waals surface area contributed by atoms with E-state index < -0.39 is 0 Å². The molecule has 0 rings (SSSR count). The van der Waals surface area contributed by atoms with Crippen LogP contribution in [0, 0.1) is 0 Å². The van der Waals surface area contributed by atoms with Crippen LogP contribution in [0.1, 0.15) is 27.7 Å². The first-order valence-corrected chi connectivity index (χ1v) is 4.40. The van der Waals surface area contributed by atoms with E-state index in [0.29, 0.717) is 12.1 Å². The topological polar surface area (TPSA) is 29.3 Å². The van der Waals surface area contributed by atoms with Gasteiger partial charge < -0.3 is 0 Å². The molecule has 60 valence electrons. The van der Waals surface area contributed by atoms with Gasteiger partial charge in [0.1, 0.15) is 0 Å². The zero-order valence-electron chi connectivity index (χ0n) is 7.09. The maximum absolute atomic E-state index is 5.63. The van der Waals surface area contributed by atoms with E-state index in [1.54, 1.807) is 0 Å². The van der Waals surface area contributed by atoms with Crippen LogP contribution in [0.25, 0.3) is 0 Å². The molecule has 0 bridgehead atoms. The van der Waals surface area contributed by atoms with Gasteiger partial charge in [-0.1, -0.05) is 0 Å². The second-order valence-corrected chi connectivity index (χ2v) is 3.81. The first-order valence-electron chi connectivity index (χ1n) is 3.54. The number of hydrogen-bond acceptors (Lipinski definition) is 2. The van der Waals surface area contributed by atoms with E-state index in [1.807, 2.05) is 0 Å². The molecule has 2 N–H and O–H groups in total. The molecule has 0 atom stereocenters. The van der Waals surface area contributed by atoms with Crippen molar-refractivity contribution in [3.05, 3.63) is 0 Å². The third-order valence-electron chi connectivity index (χ3n) is 1.37. The molecular weight excluding hydrogens is 191 g/mol. The molecule has 0 heterocycles. The van der Waals surface area contributed by atoms with E-state index in [2.05, 4.69) is 48.2 Å². The zero-order valence-corrected chi connectivity index (χ0v) is 8.80. The summed E-state index contributed by atoms with van der Waals surface area (Å²) in [5.41, 5.74) is 5.63. The van der Waals surface area contributed by atoms with Crippen LogP contribution in [0.3, 0.4) is 0 Å². The number of hydrogen-bond donors (Lipinski definition) is 1. The summed E-state index contributed by atoms with van der Waals surface area (Å²) in [5, 5.41) is 0. The summed E-state index contributed by atoms with van der Waals surface area (Å²) in [6, 6.07) is 0.947. The van der Waals surface area contributed by atoms with Crippen LogP contribution in [0.2, 0.25) is 0 Å². The van der Waals surface area contributed by atoms with Gasteiger partial charge in [0.2, 0.25) is 0 Å². The summed E-state index contributed by atoms with van der Waals surface area (Å²) in [7, 11) is 0. The Hall–Kier alpha value is -0.0105. The van der Waals surface area contributed by atoms with Crippen LogP contribution in [0.4, 0.5) is 0 Å². The van der Waals surface area contributed by atoms with Gasteiger partial charge in [0, 0.05) is 0 Å². The molecule has 0 saturated carbocycles. The molecule has 0 aliphatic rings. The Morgan fingerprint density at radius 2 is 1.50 bits per heavy atom. The predicted octanol–water partition coefficient (Wildman–Crippen LogP) is 0.320. The second kappa shape index (κ2) is 3.99. The van der Waals surface area contributed by atoms with Crippen LogP contribution in [-0.2, 0) is 0 Å². The van der Waals surface area contributed by atoms with E-state index in [-0.39, 0.29) is 0 Å². The third kappa shape index (κ3) is 2.72. The molecular formula is C7H16N2Se. The van der Waals surface area contributed by atoms with E-state index in [1.165, 1.54) is 0 Å². The molecule has 0 saturated heterocycles. The molecule has 0 aromatic heterocycles. The average molecular weight is 207 g/mol. The van der Waals surface area contributed by atoms with E-state index in [4.69, 9.17) is 5.73 Å². The van der Waals surface area contributed by atoms with Crippen molar-refractivity contribution in [2.24, 2.45) is 5.73 Å². The molecule has 10 heavy (non-hydrogen) atoms. The number of nitrogens with two attached hydrogens (primary N) is 1. The van der Waals surface area contributed by atoms with E-state index in [0.717, 1.165) is 4.67 Å². The van der Waals surface area contributed by atoms with Crippen LogP contribution in [-0.4, -0.2) is 37.2 Å². The molecule has 0 radical (unpaired) electrons. The Balaban J connectivity index is 4.12. The van der Waals surface area contributed by atoms with Crippen molar-refractivity contribution in [3.63, 3.8) is 0 Å². The summed E-state index contributed by atoms with van der Waals surface area (Å²) in [6.07, 6.45) is 0. The number of nitrogens with zero attached hydrogens (tertiary/aromatic N) is 1. The van der Waals surface area contributed by atoms with Crippen molar-refractivity contribution in [2.45, 2.75) is 39.8 Å². The molecule has 0 aromatic carbocycles. The Bertz CT molecular complexity index is 113. The van der Waals surface area contributed by atoms with E-state index in [9.17, 15) is 0 Å². The van der Waals surface area contributed by atoms with Crippen molar-refractivity contribution in [3.8, 4) is 0 Å². The van der Waals surface area contributed by atoms with Crippen molar-refractivity contribution < 1.29 is 0 Å². The van der Waals surface area contributed by atoms with Gasteiger partial charge in [0.05, 0.1) is 0 Å². The Labute approximate surface area is 71.1 Å². The minimum absolute atomic E-state index is 0.473. The van der Waals surface area contributed by atoms with Gasteiger partial charge in [-0.3, -0.25) is 0 Å². The fraction of sp³-hybridized carbons (Fsp3) is 0.857. The molecule has 2 nitrogen and oxygen atoms in total. The monoisotopic (exact) mass is 208 g/mol. The third-order valence-corrected chi connectivity index (χ3v) is 1.81. The van der Waals surface area contributed by atoms with Crippen molar-refractivity contribution in [1.29, 1.82) is 0 Å². The molecule has 0 aliphatic carbocycles. The molecule has 0 unspecified atom stereocenters. The van der Waals surface area contributed by atoms with Crippen LogP contribution >= 0.6 is 0 Å². The SMILES string of the molecule is CC(C)N(C(N)=[Se])C(C)C. The predicted molar refractivity (Wildman–Crippen MR) is 47.1 cm³/mol. The first kappa shape index (κ1) is 9.99. The summed E-state index contributed by atoms with van der Waals surface area (Å²) < 4.78 is 0.782. The Kier molecular flexibility index (Phi) is 3.99. The summed E-state index contributed by atoms with van der Waals surface area (Å²) in [4.78, 5) is 2.14. The number of rotatable bonds is 3. The molecule has 0 amide bonds. The van der Waals surface area contributed by atoms with Gasteiger partial charge in [-0.15, -0.1) is 0 Å². The van der Waals surface area contributed by atoms with Crippen LogP contribution in [0.15, 0.2) is 0 Å². The van der Waals surface area contributed by atoms with Crippen molar-refractivity contribution in [1.82, 2.24) is 4.90 Å². The molecule has 3 heteroatoms. The van der Waals surface area contributed by atoms with Gasteiger partial charge in [-0.2, -0.15) is 0 Å². The van der Waals surface area contributed by atoms with Gasteiger partial charge in [0.25, 0.3) is 0 Å². The molecule has 0 aliphatic heterocycles. The minimum atomic E-state index is 0.473. The first-order chi connectivity index (χ1) is 4.46. The van der Waals surface area contributed by atoms with Gasteiger partial charge >= 0.3 is 70.7 Å². The zero-order chi connectivity index (χ0) is 8.31. The fourth-order valence-electron chi connectivity index (χ4n) is 1.11. The van der Waals surface area contributed by atoms with Crippen LogP contribution in [0.5, 0.6) is 0 Å². The quantitative estimate of drug-likeness (QED) is 0.675. The molecule has 0 aromatic rings. The average Bonchev–Trinajstić information content (AvgIpc) is 1.59.